The molecular weight excluding hydrogens is 192 g/mol. The van der Waals surface area contributed by atoms with E-state index < -0.39 is 0 Å². The summed E-state index contributed by atoms with van der Waals surface area (Å²) < 4.78 is 0. The first-order chi connectivity index (χ1) is 7.86. The highest BCUT2D eigenvalue weighted by molar-refractivity contribution is 5.86. The molecule has 0 aliphatic heterocycles. The number of allylic oxidation sites excluding steroid dienone is 2. The summed E-state index contributed by atoms with van der Waals surface area (Å²) in [5.74, 6) is 0. The van der Waals surface area contributed by atoms with Crippen LogP contribution in [0.5, 0.6) is 0 Å². The van der Waals surface area contributed by atoms with Gasteiger partial charge in [-0.25, -0.2) is 0 Å². The number of fused-ring (bicyclic) bond motifs is 1. The molecule has 0 spiro atoms. The summed E-state index contributed by atoms with van der Waals surface area (Å²) in [7, 11) is 0. The van der Waals surface area contributed by atoms with Gasteiger partial charge >= 0.3 is 0 Å². The number of hydrogen-bond donors (Lipinski definition) is 0. The molecule has 0 heterocycles. The topological polar surface area (TPSA) is 0 Å². The first-order valence-corrected chi connectivity index (χ1v) is 5.64. The number of rotatable bonds is 2. The second-order valence-electron chi connectivity index (χ2n) is 3.79. The Morgan fingerprint density at radius 3 is 1.69 bits per heavy atom. The number of hydrogen-bond acceptors (Lipinski definition) is 0. The molecule has 0 fully saturated rings. The van der Waals surface area contributed by atoms with Crippen LogP contribution < -0.4 is 0 Å². The Hall–Kier alpha value is -1.82. The Morgan fingerprint density at radius 2 is 1.25 bits per heavy atom. The molecule has 2 aliphatic carbocycles. The summed E-state index contributed by atoms with van der Waals surface area (Å²) in [6.45, 7) is 4.11. The maximum absolute atomic E-state index is 2.24. The van der Waals surface area contributed by atoms with Crippen LogP contribution in [0.4, 0.5) is 0 Å². The van der Waals surface area contributed by atoms with Crippen LogP contribution in [0.15, 0.2) is 48.6 Å². The monoisotopic (exact) mass is 208 g/mol. The zero-order valence-corrected chi connectivity index (χ0v) is 9.77. The Balaban J connectivity index is 2.68. The molecule has 2 aliphatic rings. The van der Waals surface area contributed by atoms with Gasteiger partial charge < -0.3 is 0 Å². The molecule has 0 aromatic rings. The fraction of sp³-hybridized carbons (Fsp3) is 0.125. The van der Waals surface area contributed by atoms with Crippen molar-refractivity contribution in [2.75, 3.05) is 0 Å². The second-order valence-corrected chi connectivity index (χ2v) is 3.79. The quantitative estimate of drug-likeness (QED) is 0.661. The zero-order valence-electron chi connectivity index (χ0n) is 9.77. The van der Waals surface area contributed by atoms with Crippen LogP contribution in [0.2, 0.25) is 0 Å². The minimum Gasteiger partial charge on any atom is -0.0870 e. The van der Waals surface area contributed by atoms with Gasteiger partial charge in [-0.1, -0.05) is 54.6 Å². The van der Waals surface area contributed by atoms with E-state index in [1.165, 1.54) is 22.3 Å². The van der Waals surface area contributed by atoms with Gasteiger partial charge in [0.25, 0.3) is 0 Å². The Kier molecular flexibility index (Phi) is 3.21. The lowest BCUT2D eigenvalue weighted by molar-refractivity contribution is 1.74. The smallest absolute Gasteiger partial charge is 0.0105 e. The summed E-state index contributed by atoms with van der Waals surface area (Å²) in [5.41, 5.74) is 5.22. The lowest BCUT2D eigenvalue weighted by Crippen LogP contribution is -1.71. The average Bonchev–Trinajstić information content (AvgIpc) is 2.50. The van der Waals surface area contributed by atoms with Crippen molar-refractivity contribution in [1.29, 1.82) is 0 Å². The molecular formula is C16H16. The molecule has 0 unspecified atom stereocenters. The van der Waals surface area contributed by atoms with E-state index >= 15 is 0 Å². The third-order valence-corrected chi connectivity index (χ3v) is 2.66. The van der Waals surface area contributed by atoms with E-state index in [-0.39, 0.29) is 0 Å². The van der Waals surface area contributed by atoms with Gasteiger partial charge in [0.15, 0.2) is 0 Å². The fourth-order valence-corrected chi connectivity index (χ4v) is 2.01. The van der Waals surface area contributed by atoms with E-state index in [4.69, 9.17) is 0 Å². The third kappa shape index (κ3) is 1.92. The minimum atomic E-state index is 1.29. The Morgan fingerprint density at radius 1 is 0.750 bits per heavy atom. The van der Waals surface area contributed by atoms with Crippen molar-refractivity contribution in [3.63, 3.8) is 0 Å². The van der Waals surface area contributed by atoms with Crippen LogP contribution in [0.3, 0.4) is 0 Å². The molecule has 2 rings (SSSR count). The van der Waals surface area contributed by atoms with Crippen LogP contribution >= 0.6 is 0 Å². The Labute approximate surface area is 97.3 Å². The predicted molar refractivity (Wildman–Crippen MR) is 72.5 cm³/mol. The van der Waals surface area contributed by atoms with Crippen molar-refractivity contribution in [3.8, 4) is 11.1 Å². The van der Waals surface area contributed by atoms with Crippen LogP contribution in [0.1, 0.15) is 25.0 Å². The summed E-state index contributed by atoms with van der Waals surface area (Å²) in [4.78, 5) is 0. The molecule has 0 aromatic carbocycles. The van der Waals surface area contributed by atoms with Crippen LogP contribution in [-0.4, -0.2) is 0 Å². The zero-order chi connectivity index (χ0) is 11.4. The van der Waals surface area contributed by atoms with Gasteiger partial charge in [-0.05, 0) is 42.2 Å². The van der Waals surface area contributed by atoms with Crippen LogP contribution in [0.25, 0.3) is 23.3 Å². The molecule has 0 atom stereocenters. The molecule has 16 heavy (non-hydrogen) atoms. The van der Waals surface area contributed by atoms with Crippen molar-refractivity contribution < 1.29 is 0 Å². The summed E-state index contributed by atoms with van der Waals surface area (Å²) >= 11 is 0. The highest BCUT2D eigenvalue weighted by atomic mass is 14.1. The highest BCUT2D eigenvalue weighted by Gasteiger charge is 2.10. The fourth-order valence-electron chi connectivity index (χ4n) is 2.01. The minimum absolute atomic E-state index is 1.29. The first kappa shape index (κ1) is 10.7. The maximum Gasteiger partial charge on any atom is -0.0105 e. The standard InChI is InChI=1S/C16H16/c1-3-8-13-12-14(9-4-2)16-11-7-5-6-10-15(13)16/h3-12H,1-2H3/b8-3+,9-4+. The van der Waals surface area contributed by atoms with Crippen LogP contribution in [0, 0.1) is 0 Å². The summed E-state index contributed by atoms with van der Waals surface area (Å²) in [6.07, 6.45) is 8.49. The Bertz CT molecular complexity index is 460. The molecule has 80 valence electrons. The lowest BCUT2D eigenvalue weighted by atomic mass is 10.1. The molecule has 0 aromatic heterocycles. The van der Waals surface area contributed by atoms with Gasteiger partial charge in [0, 0.05) is 0 Å². The predicted octanol–water partition coefficient (Wildman–Crippen LogP) is 4.86. The van der Waals surface area contributed by atoms with E-state index in [1.807, 2.05) is 0 Å². The van der Waals surface area contributed by atoms with Crippen molar-refractivity contribution in [2.45, 2.75) is 13.8 Å². The molecule has 0 saturated carbocycles. The molecule has 0 bridgehead atoms. The van der Waals surface area contributed by atoms with E-state index in [0.717, 1.165) is 0 Å². The molecule has 0 saturated heterocycles. The first-order valence-electron chi connectivity index (χ1n) is 5.64. The third-order valence-electron chi connectivity index (χ3n) is 2.66. The van der Waals surface area contributed by atoms with Gasteiger partial charge in [-0.2, -0.15) is 0 Å². The normalized spacial score (nSPS) is 11.9. The van der Waals surface area contributed by atoms with Gasteiger partial charge in [-0.3, -0.25) is 0 Å². The lowest BCUT2D eigenvalue weighted by Gasteiger charge is -1.96. The average molecular weight is 208 g/mol. The second kappa shape index (κ2) is 4.80. The van der Waals surface area contributed by atoms with E-state index in [0.29, 0.717) is 0 Å². The van der Waals surface area contributed by atoms with Gasteiger partial charge in [0.2, 0.25) is 0 Å². The summed E-state index contributed by atoms with van der Waals surface area (Å²) in [5, 5.41) is 0. The van der Waals surface area contributed by atoms with Crippen LogP contribution in [-0.2, 0) is 0 Å². The molecule has 0 amide bonds. The molecule has 0 nitrogen and oxygen atoms in total. The van der Waals surface area contributed by atoms with E-state index in [1.54, 1.807) is 0 Å². The van der Waals surface area contributed by atoms with Gasteiger partial charge in [0.1, 0.15) is 0 Å². The summed E-state index contributed by atoms with van der Waals surface area (Å²) in [6, 6.07) is 12.8. The van der Waals surface area contributed by atoms with Crippen molar-refractivity contribution >= 4 is 12.2 Å². The largest absolute Gasteiger partial charge is 0.0870 e. The van der Waals surface area contributed by atoms with Crippen molar-refractivity contribution in [3.05, 3.63) is 59.7 Å². The van der Waals surface area contributed by atoms with Crippen molar-refractivity contribution in [2.24, 2.45) is 0 Å². The molecule has 0 radical (unpaired) electrons. The molecule has 0 N–H and O–H groups in total. The maximum atomic E-state index is 2.24. The molecule has 0 heteroatoms. The van der Waals surface area contributed by atoms with E-state index in [9.17, 15) is 0 Å². The van der Waals surface area contributed by atoms with Gasteiger partial charge in [0.05, 0.1) is 0 Å². The highest BCUT2D eigenvalue weighted by Crippen LogP contribution is 2.33. The van der Waals surface area contributed by atoms with E-state index in [2.05, 4.69) is 74.5 Å². The SMILES string of the molecule is C/C=C/c1cc(/C=C/C)c2cccccc1-2. The van der Waals surface area contributed by atoms with Crippen molar-refractivity contribution in [1.82, 2.24) is 0 Å². The van der Waals surface area contributed by atoms with Gasteiger partial charge in [-0.15, -0.1) is 0 Å².